The van der Waals surface area contributed by atoms with Crippen molar-refractivity contribution in [3.8, 4) is 0 Å². The summed E-state index contributed by atoms with van der Waals surface area (Å²) < 4.78 is 0. The summed E-state index contributed by atoms with van der Waals surface area (Å²) in [6, 6.07) is 7.25. The van der Waals surface area contributed by atoms with Crippen LogP contribution in [-0.4, -0.2) is 16.2 Å². The Bertz CT molecular complexity index is 477. The second kappa shape index (κ2) is 3.33. The van der Waals surface area contributed by atoms with Gasteiger partial charge in [-0.15, -0.1) is 0 Å². The molecule has 4 heteroatoms. The second-order valence-electron chi connectivity index (χ2n) is 2.83. The summed E-state index contributed by atoms with van der Waals surface area (Å²) in [5, 5.41) is 12.7. The SMILES string of the molecule is O=C(O)Nc1cccc2ccncc12. The Labute approximate surface area is 80.2 Å². The lowest BCUT2D eigenvalue weighted by Gasteiger charge is -2.04. The Morgan fingerprint density at radius 3 is 3.00 bits per heavy atom. The normalized spacial score (nSPS) is 10.0. The van der Waals surface area contributed by atoms with Gasteiger partial charge in [-0.3, -0.25) is 10.3 Å². The van der Waals surface area contributed by atoms with E-state index in [4.69, 9.17) is 5.11 Å². The third-order valence-corrected chi connectivity index (χ3v) is 1.93. The zero-order chi connectivity index (χ0) is 9.97. The molecule has 0 bridgehead atoms. The summed E-state index contributed by atoms with van der Waals surface area (Å²) in [7, 11) is 0. The molecule has 0 unspecified atom stereocenters. The molecule has 1 heterocycles. The first kappa shape index (κ1) is 8.50. The van der Waals surface area contributed by atoms with Gasteiger partial charge in [0.2, 0.25) is 0 Å². The summed E-state index contributed by atoms with van der Waals surface area (Å²) in [6.07, 6.45) is 2.24. The molecule has 0 radical (unpaired) electrons. The molecule has 2 aromatic rings. The van der Waals surface area contributed by atoms with E-state index in [1.807, 2.05) is 12.1 Å². The van der Waals surface area contributed by atoms with Crippen LogP contribution in [-0.2, 0) is 0 Å². The zero-order valence-electron chi connectivity index (χ0n) is 7.27. The molecule has 0 spiro atoms. The number of benzene rings is 1. The first-order chi connectivity index (χ1) is 6.77. The third-order valence-electron chi connectivity index (χ3n) is 1.93. The molecule has 4 nitrogen and oxygen atoms in total. The molecule has 2 N–H and O–H groups in total. The van der Waals surface area contributed by atoms with Crippen LogP contribution in [0.15, 0.2) is 36.7 Å². The Kier molecular flexibility index (Phi) is 2.02. The predicted octanol–water partition coefficient (Wildman–Crippen LogP) is 2.32. The molecule has 0 fully saturated rings. The highest BCUT2D eigenvalue weighted by Crippen LogP contribution is 2.21. The van der Waals surface area contributed by atoms with Crippen molar-refractivity contribution in [2.75, 3.05) is 5.32 Å². The largest absolute Gasteiger partial charge is 0.465 e. The molecular formula is C10H8N2O2. The van der Waals surface area contributed by atoms with Crippen molar-refractivity contribution < 1.29 is 9.90 Å². The first-order valence-electron chi connectivity index (χ1n) is 4.10. The summed E-state index contributed by atoms with van der Waals surface area (Å²) in [5.41, 5.74) is 0.558. The topological polar surface area (TPSA) is 62.2 Å². The van der Waals surface area contributed by atoms with E-state index in [1.54, 1.807) is 24.5 Å². The lowest BCUT2D eigenvalue weighted by atomic mass is 10.1. The fraction of sp³-hybridized carbons (Fsp3) is 0. The van der Waals surface area contributed by atoms with E-state index in [0.717, 1.165) is 10.8 Å². The second-order valence-corrected chi connectivity index (χ2v) is 2.83. The number of nitrogens with one attached hydrogen (secondary N) is 1. The summed E-state index contributed by atoms with van der Waals surface area (Å²) in [6.45, 7) is 0. The van der Waals surface area contributed by atoms with Crippen LogP contribution in [0, 0.1) is 0 Å². The van der Waals surface area contributed by atoms with Crippen molar-refractivity contribution in [1.82, 2.24) is 4.98 Å². The maximum absolute atomic E-state index is 10.5. The number of rotatable bonds is 1. The molecule has 0 saturated heterocycles. The van der Waals surface area contributed by atoms with Crippen molar-refractivity contribution in [3.05, 3.63) is 36.7 Å². The minimum absolute atomic E-state index is 0.558. The lowest BCUT2D eigenvalue weighted by Crippen LogP contribution is -2.07. The highest BCUT2D eigenvalue weighted by molar-refractivity contribution is 5.99. The van der Waals surface area contributed by atoms with Crippen LogP contribution in [0.5, 0.6) is 0 Å². The van der Waals surface area contributed by atoms with E-state index in [-0.39, 0.29) is 0 Å². The Balaban J connectivity index is 2.59. The summed E-state index contributed by atoms with van der Waals surface area (Å²) >= 11 is 0. The smallest absolute Gasteiger partial charge is 0.409 e. The molecule has 0 aliphatic heterocycles. The van der Waals surface area contributed by atoms with E-state index in [1.165, 1.54) is 0 Å². The predicted molar refractivity (Wildman–Crippen MR) is 53.4 cm³/mol. The molecule has 0 aliphatic carbocycles. The van der Waals surface area contributed by atoms with Gasteiger partial charge in [0.25, 0.3) is 0 Å². The molecule has 2 rings (SSSR count). The average molecular weight is 188 g/mol. The van der Waals surface area contributed by atoms with Gasteiger partial charge in [-0.1, -0.05) is 12.1 Å². The molecule has 0 atom stereocenters. The number of pyridine rings is 1. The van der Waals surface area contributed by atoms with E-state index >= 15 is 0 Å². The van der Waals surface area contributed by atoms with Crippen molar-refractivity contribution >= 4 is 22.6 Å². The Morgan fingerprint density at radius 2 is 2.21 bits per heavy atom. The molecular weight excluding hydrogens is 180 g/mol. The molecule has 0 aliphatic rings. The maximum Gasteiger partial charge on any atom is 0.409 e. The number of fused-ring (bicyclic) bond motifs is 1. The number of nitrogens with zero attached hydrogens (tertiary/aromatic N) is 1. The summed E-state index contributed by atoms with van der Waals surface area (Å²) in [4.78, 5) is 14.4. The zero-order valence-corrected chi connectivity index (χ0v) is 7.27. The van der Waals surface area contributed by atoms with E-state index < -0.39 is 6.09 Å². The first-order valence-corrected chi connectivity index (χ1v) is 4.10. The lowest BCUT2D eigenvalue weighted by molar-refractivity contribution is 0.210. The maximum atomic E-state index is 10.5. The Morgan fingerprint density at radius 1 is 1.36 bits per heavy atom. The molecule has 0 saturated carbocycles. The van der Waals surface area contributed by atoms with E-state index in [0.29, 0.717) is 5.69 Å². The van der Waals surface area contributed by atoms with Crippen molar-refractivity contribution in [2.45, 2.75) is 0 Å². The van der Waals surface area contributed by atoms with Crippen LogP contribution >= 0.6 is 0 Å². The molecule has 70 valence electrons. The van der Waals surface area contributed by atoms with Crippen LogP contribution in [0.3, 0.4) is 0 Å². The van der Waals surface area contributed by atoms with Crippen LogP contribution < -0.4 is 5.32 Å². The number of hydrogen-bond donors (Lipinski definition) is 2. The van der Waals surface area contributed by atoms with E-state index in [9.17, 15) is 4.79 Å². The van der Waals surface area contributed by atoms with Crippen molar-refractivity contribution in [3.63, 3.8) is 0 Å². The minimum atomic E-state index is -1.07. The van der Waals surface area contributed by atoms with Crippen molar-refractivity contribution in [2.24, 2.45) is 0 Å². The molecule has 1 amide bonds. The highest BCUT2D eigenvalue weighted by Gasteiger charge is 2.02. The van der Waals surface area contributed by atoms with Gasteiger partial charge in [0.1, 0.15) is 0 Å². The monoisotopic (exact) mass is 188 g/mol. The number of amides is 1. The minimum Gasteiger partial charge on any atom is -0.465 e. The molecule has 14 heavy (non-hydrogen) atoms. The highest BCUT2D eigenvalue weighted by atomic mass is 16.4. The number of carboxylic acid groups (broad SMARTS) is 1. The standard InChI is InChI=1S/C10H8N2O2/c13-10(14)12-9-3-1-2-7-4-5-11-6-8(7)9/h1-6,12H,(H,13,14). The van der Waals surface area contributed by atoms with Gasteiger partial charge in [-0.05, 0) is 17.5 Å². The summed E-state index contributed by atoms with van der Waals surface area (Å²) in [5.74, 6) is 0. The number of hydrogen-bond acceptors (Lipinski definition) is 2. The van der Waals surface area contributed by atoms with Gasteiger partial charge in [0.05, 0.1) is 5.69 Å². The van der Waals surface area contributed by atoms with Crippen LogP contribution in [0.2, 0.25) is 0 Å². The van der Waals surface area contributed by atoms with Gasteiger partial charge in [0.15, 0.2) is 0 Å². The van der Waals surface area contributed by atoms with Crippen LogP contribution in [0.4, 0.5) is 10.5 Å². The number of aromatic nitrogens is 1. The average Bonchev–Trinajstić information content (AvgIpc) is 2.18. The van der Waals surface area contributed by atoms with Crippen molar-refractivity contribution in [1.29, 1.82) is 0 Å². The fourth-order valence-electron chi connectivity index (χ4n) is 1.34. The Hall–Kier alpha value is -2.10. The van der Waals surface area contributed by atoms with Gasteiger partial charge in [-0.25, -0.2) is 4.79 Å². The van der Waals surface area contributed by atoms with E-state index in [2.05, 4.69) is 10.3 Å². The quantitative estimate of drug-likeness (QED) is 0.721. The van der Waals surface area contributed by atoms with Gasteiger partial charge >= 0.3 is 6.09 Å². The number of anilines is 1. The molecule has 1 aromatic carbocycles. The van der Waals surface area contributed by atoms with Gasteiger partial charge in [0, 0.05) is 17.8 Å². The van der Waals surface area contributed by atoms with Gasteiger partial charge < -0.3 is 5.11 Å². The van der Waals surface area contributed by atoms with Crippen LogP contribution in [0.1, 0.15) is 0 Å². The third kappa shape index (κ3) is 1.50. The fourth-order valence-corrected chi connectivity index (χ4v) is 1.34. The number of carbonyl (C=O) groups is 1. The van der Waals surface area contributed by atoms with Crippen LogP contribution in [0.25, 0.3) is 10.8 Å². The molecule has 1 aromatic heterocycles. The van der Waals surface area contributed by atoms with Gasteiger partial charge in [-0.2, -0.15) is 0 Å².